The van der Waals surface area contributed by atoms with Crippen LogP contribution in [0.25, 0.3) is 0 Å². The largest absolute Gasteiger partial charge is 0.393 e. The Labute approximate surface area is 199 Å². The van der Waals surface area contributed by atoms with Gasteiger partial charge in [-0.25, -0.2) is 0 Å². The molecule has 182 valence electrons. The van der Waals surface area contributed by atoms with Crippen molar-refractivity contribution in [1.29, 1.82) is 0 Å². The lowest BCUT2D eigenvalue weighted by Crippen LogP contribution is -2.57. The number of aliphatic hydroxyl groups excluding tert-OH is 1. The topological polar surface area (TPSA) is 20.2 Å². The fourth-order valence-corrected chi connectivity index (χ4v) is 9.57. The van der Waals surface area contributed by atoms with Gasteiger partial charge in [0.25, 0.3) is 0 Å². The minimum atomic E-state index is -0.136. The SMILES string of the molecule is CC(C)=C(C)CC[C@@H](C)[C@H]1CC[C@@]2(C)C3CC[C@H]4C(C)(C)[C@@H](O)CC[C@]4(C)C3=CC[C@]12C. The third kappa shape index (κ3) is 3.34. The molecule has 0 saturated heterocycles. The zero-order valence-corrected chi connectivity index (χ0v) is 22.8. The number of allylic oxidation sites excluding steroid dienone is 4. The van der Waals surface area contributed by atoms with Gasteiger partial charge in [-0.3, -0.25) is 0 Å². The highest BCUT2D eigenvalue weighted by molar-refractivity contribution is 5.32. The molecule has 0 amide bonds. The van der Waals surface area contributed by atoms with Crippen LogP contribution in [0.2, 0.25) is 0 Å². The van der Waals surface area contributed by atoms with E-state index >= 15 is 0 Å². The normalized spacial score (nSPS) is 45.9. The first kappa shape index (κ1) is 24.6. The molecule has 0 aromatic rings. The number of fused-ring (bicyclic) bond motifs is 5. The smallest absolute Gasteiger partial charge is 0.0594 e. The Bertz CT molecular complexity index is 797. The lowest BCUT2D eigenvalue weighted by atomic mass is 9.41. The molecule has 8 atom stereocenters. The predicted molar refractivity (Wildman–Crippen MR) is 137 cm³/mol. The van der Waals surface area contributed by atoms with Crippen LogP contribution in [-0.2, 0) is 0 Å². The maximum Gasteiger partial charge on any atom is 0.0594 e. The molecule has 0 aromatic heterocycles. The molecule has 1 unspecified atom stereocenters. The third-order valence-corrected chi connectivity index (χ3v) is 12.4. The molecule has 3 fully saturated rings. The summed E-state index contributed by atoms with van der Waals surface area (Å²) in [5.74, 6) is 3.04. The van der Waals surface area contributed by atoms with E-state index in [4.69, 9.17) is 0 Å². The first-order valence-corrected chi connectivity index (χ1v) is 13.8. The average Bonchev–Trinajstić information content (AvgIpc) is 3.00. The quantitative estimate of drug-likeness (QED) is 0.433. The monoisotopic (exact) mass is 440 g/mol. The van der Waals surface area contributed by atoms with Crippen LogP contribution >= 0.6 is 0 Å². The number of aliphatic hydroxyl groups is 1. The molecular formula is C31H52O. The van der Waals surface area contributed by atoms with Crippen molar-refractivity contribution in [2.24, 2.45) is 45.3 Å². The summed E-state index contributed by atoms with van der Waals surface area (Å²) in [6.07, 6.45) is 14.1. The molecule has 1 N–H and O–H groups in total. The zero-order valence-electron chi connectivity index (χ0n) is 22.8. The van der Waals surface area contributed by atoms with E-state index in [0.717, 1.165) is 24.2 Å². The molecule has 0 radical (unpaired) electrons. The van der Waals surface area contributed by atoms with Gasteiger partial charge in [0, 0.05) is 0 Å². The Morgan fingerprint density at radius 1 is 0.969 bits per heavy atom. The third-order valence-electron chi connectivity index (χ3n) is 12.4. The van der Waals surface area contributed by atoms with Crippen molar-refractivity contribution >= 4 is 0 Å². The van der Waals surface area contributed by atoms with Crippen LogP contribution in [0.3, 0.4) is 0 Å². The highest BCUT2D eigenvalue weighted by Crippen LogP contribution is 2.73. The van der Waals surface area contributed by atoms with E-state index in [-0.39, 0.29) is 11.5 Å². The van der Waals surface area contributed by atoms with Crippen LogP contribution in [0.15, 0.2) is 22.8 Å². The summed E-state index contributed by atoms with van der Waals surface area (Å²) in [6, 6.07) is 0. The summed E-state index contributed by atoms with van der Waals surface area (Å²) in [5, 5.41) is 10.8. The van der Waals surface area contributed by atoms with Crippen LogP contribution in [0.1, 0.15) is 120 Å². The van der Waals surface area contributed by atoms with Gasteiger partial charge in [-0.1, -0.05) is 64.3 Å². The van der Waals surface area contributed by atoms with Crippen molar-refractivity contribution in [3.8, 4) is 0 Å². The molecular weight excluding hydrogens is 388 g/mol. The summed E-state index contributed by atoms with van der Waals surface area (Å²) >= 11 is 0. The Morgan fingerprint density at radius 2 is 1.66 bits per heavy atom. The van der Waals surface area contributed by atoms with Crippen LogP contribution in [0.4, 0.5) is 0 Å². The van der Waals surface area contributed by atoms with E-state index in [0.29, 0.717) is 22.2 Å². The van der Waals surface area contributed by atoms with Crippen LogP contribution < -0.4 is 0 Å². The Morgan fingerprint density at radius 3 is 2.31 bits per heavy atom. The molecule has 0 heterocycles. The summed E-state index contributed by atoms with van der Waals surface area (Å²) < 4.78 is 0. The average molecular weight is 441 g/mol. The molecule has 1 nitrogen and oxygen atoms in total. The van der Waals surface area contributed by atoms with Gasteiger partial charge in [0.1, 0.15) is 0 Å². The highest BCUT2D eigenvalue weighted by Gasteiger charge is 2.65. The molecule has 0 spiro atoms. The summed E-state index contributed by atoms with van der Waals surface area (Å²) in [4.78, 5) is 0. The van der Waals surface area contributed by atoms with Crippen LogP contribution in [0.5, 0.6) is 0 Å². The highest BCUT2D eigenvalue weighted by atomic mass is 16.3. The Hall–Kier alpha value is -0.560. The second-order valence-corrected chi connectivity index (χ2v) is 14.1. The molecule has 4 aliphatic carbocycles. The maximum absolute atomic E-state index is 10.8. The molecule has 4 rings (SSSR count). The van der Waals surface area contributed by atoms with Crippen molar-refractivity contribution < 1.29 is 5.11 Å². The van der Waals surface area contributed by atoms with Gasteiger partial charge in [0.15, 0.2) is 0 Å². The van der Waals surface area contributed by atoms with Gasteiger partial charge in [0.05, 0.1) is 6.10 Å². The van der Waals surface area contributed by atoms with E-state index in [9.17, 15) is 5.11 Å². The minimum Gasteiger partial charge on any atom is -0.393 e. The molecule has 0 aliphatic heterocycles. The molecule has 32 heavy (non-hydrogen) atoms. The molecule has 4 aliphatic rings. The Kier molecular flexibility index (Phi) is 6.14. The first-order valence-electron chi connectivity index (χ1n) is 13.8. The van der Waals surface area contributed by atoms with Crippen molar-refractivity contribution in [1.82, 2.24) is 0 Å². The van der Waals surface area contributed by atoms with Crippen LogP contribution in [-0.4, -0.2) is 11.2 Å². The van der Waals surface area contributed by atoms with Gasteiger partial charge in [-0.2, -0.15) is 0 Å². The lowest BCUT2D eigenvalue weighted by Gasteiger charge is -2.64. The van der Waals surface area contributed by atoms with Gasteiger partial charge >= 0.3 is 0 Å². The second-order valence-electron chi connectivity index (χ2n) is 14.1. The first-order chi connectivity index (χ1) is 14.8. The number of hydrogen-bond donors (Lipinski definition) is 1. The van der Waals surface area contributed by atoms with Crippen molar-refractivity contribution in [3.05, 3.63) is 22.8 Å². The minimum absolute atomic E-state index is 0.0377. The Balaban J connectivity index is 1.62. The fourth-order valence-electron chi connectivity index (χ4n) is 9.57. The van der Waals surface area contributed by atoms with Gasteiger partial charge in [-0.15, -0.1) is 0 Å². The van der Waals surface area contributed by atoms with E-state index in [1.54, 1.807) is 5.57 Å². The molecule has 0 aromatic carbocycles. The standard InChI is InChI=1S/C31H52O/c1-20(2)21(3)10-11-22(4)23-14-18-31(9)25-12-13-26-28(5,6)27(32)16-17-29(26,7)24(25)15-19-30(23,31)8/h15,22-23,25-27,32H,10-14,16-19H2,1-9H3/t22-,23-,25?,26+,27+,29-,30-,31+/m1/s1. The van der Waals surface area contributed by atoms with E-state index in [2.05, 4.69) is 68.4 Å². The van der Waals surface area contributed by atoms with Crippen LogP contribution in [0, 0.1) is 45.3 Å². The van der Waals surface area contributed by atoms with Crippen molar-refractivity contribution in [2.45, 2.75) is 126 Å². The van der Waals surface area contributed by atoms with Gasteiger partial charge < -0.3 is 5.11 Å². The van der Waals surface area contributed by atoms with E-state index in [1.807, 2.05) is 5.57 Å². The second kappa shape index (κ2) is 8.00. The van der Waals surface area contributed by atoms with E-state index < -0.39 is 0 Å². The zero-order chi connectivity index (χ0) is 23.7. The predicted octanol–water partition coefficient (Wildman–Crippen LogP) is 8.73. The molecule has 0 bridgehead atoms. The summed E-state index contributed by atoms with van der Waals surface area (Å²) in [5.41, 5.74) is 6.12. The summed E-state index contributed by atoms with van der Waals surface area (Å²) in [6.45, 7) is 22.0. The van der Waals surface area contributed by atoms with Crippen molar-refractivity contribution in [3.63, 3.8) is 0 Å². The van der Waals surface area contributed by atoms with E-state index in [1.165, 1.54) is 56.9 Å². The van der Waals surface area contributed by atoms with Crippen molar-refractivity contribution in [2.75, 3.05) is 0 Å². The summed E-state index contributed by atoms with van der Waals surface area (Å²) in [7, 11) is 0. The molecule has 3 saturated carbocycles. The number of rotatable bonds is 4. The maximum atomic E-state index is 10.8. The molecule has 1 heteroatoms. The lowest BCUT2D eigenvalue weighted by molar-refractivity contribution is -0.118. The fraction of sp³-hybridized carbons (Fsp3) is 0.871. The number of hydrogen-bond acceptors (Lipinski definition) is 1. The van der Waals surface area contributed by atoms with Gasteiger partial charge in [0.2, 0.25) is 0 Å². The van der Waals surface area contributed by atoms with Gasteiger partial charge in [-0.05, 0) is 124 Å².